The van der Waals surface area contributed by atoms with E-state index < -0.39 is 5.97 Å². The average molecular weight is 158 g/mol. The van der Waals surface area contributed by atoms with Gasteiger partial charge in [0.1, 0.15) is 0 Å². The molecule has 0 aliphatic heterocycles. The van der Waals surface area contributed by atoms with Crippen LogP contribution < -0.4 is 0 Å². The molecule has 0 aliphatic carbocycles. The fourth-order valence-corrected chi connectivity index (χ4v) is 0.973. The highest BCUT2D eigenvalue weighted by atomic mass is 16.4. The highest BCUT2D eigenvalue weighted by Gasteiger charge is 2.00. The lowest BCUT2D eigenvalue weighted by Crippen LogP contribution is -1.96. The Morgan fingerprint density at radius 3 is 2.55 bits per heavy atom. The first-order chi connectivity index (χ1) is 5.16. The molecule has 0 fully saturated rings. The maximum absolute atomic E-state index is 10.1. The smallest absolute Gasteiger partial charge is 0.303 e. The SMILES string of the molecule is CC[C@@H](C)CCCCC(=O)O. The van der Waals surface area contributed by atoms with Crippen molar-refractivity contribution in [1.82, 2.24) is 0 Å². The van der Waals surface area contributed by atoms with E-state index in [1.165, 1.54) is 12.8 Å². The zero-order valence-electron chi connectivity index (χ0n) is 7.47. The molecule has 1 N–H and O–H groups in total. The molecule has 0 aromatic rings. The quantitative estimate of drug-likeness (QED) is 0.603. The van der Waals surface area contributed by atoms with Crippen LogP contribution >= 0.6 is 0 Å². The van der Waals surface area contributed by atoms with Crippen molar-refractivity contribution in [2.45, 2.75) is 46.0 Å². The number of rotatable bonds is 6. The number of hydrogen-bond donors (Lipinski definition) is 1. The van der Waals surface area contributed by atoms with Gasteiger partial charge in [-0.2, -0.15) is 0 Å². The number of unbranched alkanes of at least 4 members (excludes halogenated alkanes) is 1. The standard InChI is InChI=1S/C9H18O2/c1-3-8(2)6-4-5-7-9(10)11/h8H,3-7H2,1-2H3,(H,10,11)/t8-/m1/s1. The third kappa shape index (κ3) is 7.37. The van der Waals surface area contributed by atoms with Gasteiger partial charge in [-0.1, -0.05) is 33.1 Å². The molecule has 0 rings (SSSR count). The number of aliphatic carboxylic acids is 1. The summed E-state index contributed by atoms with van der Waals surface area (Å²) in [7, 11) is 0. The van der Waals surface area contributed by atoms with Gasteiger partial charge in [0, 0.05) is 6.42 Å². The van der Waals surface area contributed by atoms with E-state index in [4.69, 9.17) is 5.11 Å². The molecule has 0 radical (unpaired) electrons. The Labute approximate surface area is 68.6 Å². The second kappa shape index (κ2) is 6.20. The van der Waals surface area contributed by atoms with Crippen molar-refractivity contribution in [3.05, 3.63) is 0 Å². The van der Waals surface area contributed by atoms with Crippen molar-refractivity contribution >= 4 is 5.97 Å². The van der Waals surface area contributed by atoms with Crippen molar-refractivity contribution < 1.29 is 9.90 Å². The first-order valence-electron chi connectivity index (χ1n) is 4.38. The molecule has 0 amide bonds. The zero-order valence-corrected chi connectivity index (χ0v) is 7.47. The van der Waals surface area contributed by atoms with Crippen LogP contribution in [0.2, 0.25) is 0 Å². The van der Waals surface area contributed by atoms with Crippen LogP contribution in [0.4, 0.5) is 0 Å². The van der Waals surface area contributed by atoms with E-state index in [1.54, 1.807) is 0 Å². The molecule has 0 heterocycles. The molecular weight excluding hydrogens is 140 g/mol. The third-order valence-corrected chi connectivity index (χ3v) is 2.03. The van der Waals surface area contributed by atoms with Crippen molar-refractivity contribution in [2.75, 3.05) is 0 Å². The van der Waals surface area contributed by atoms with Crippen molar-refractivity contribution in [2.24, 2.45) is 5.92 Å². The molecule has 0 aromatic heterocycles. The Balaban J connectivity index is 3.08. The fraction of sp³-hybridized carbons (Fsp3) is 0.889. The van der Waals surface area contributed by atoms with Crippen LogP contribution in [0, 0.1) is 5.92 Å². The Hall–Kier alpha value is -0.530. The number of carboxylic acids is 1. The molecule has 0 aliphatic rings. The van der Waals surface area contributed by atoms with Crippen LogP contribution in [0.5, 0.6) is 0 Å². The van der Waals surface area contributed by atoms with E-state index >= 15 is 0 Å². The molecule has 2 heteroatoms. The van der Waals surface area contributed by atoms with Gasteiger partial charge in [0.05, 0.1) is 0 Å². The third-order valence-electron chi connectivity index (χ3n) is 2.03. The van der Waals surface area contributed by atoms with Gasteiger partial charge in [0.15, 0.2) is 0 Å². The lowest BCUT2D eigenvalue weighted by atomic mass is 10.0. The summed E-state index contributed by atoms with van der Waals surface area (Å²) in [6, 6.07) is 0. The molecule has 2 nitrogen and oxygen atoms in total. The van der Waals surface area contributed by atoms with E-state index in [2.05, 4.69) is 13.8 Å². The molecule has 0 spiro atoms. The van der Waals surface area contributed by atoms with Crippen LogP contribution in [0.1, 0.15) is 46.0 Å². The van der Waals surface area contributed by atoms with Crippen molar-refractivity contribution in [3.63, 3.8) is 0 Å². The van der Waals surface area contributed by atoms with Crippen LogP contribution in [0.25, 0.3) is 0 Å². The minimum atomic E-state index is -0.672. The zero-order chi connectivity index (χ0) is 8.69. The molecule has 0 aromatic carbocycles. The minimum Gasteiger partial charge on any atom is -0.481 e. The molecule has 66 valence electrons. The first kappa shape index (κ1) is 10.5. The summed E-state index contributed by atoms with van der Waals surface area (Å²) < 4.78 is 0. The van der Waals surface area contributed by atoms with Gasteiger partial charge in [-0.25, -0.2) is 0 Å². The van der Waals surface area contributed by atoms with Gasteiger partial charge in [-0.15, -0.1) is 0 Å². The van der Waals surface area contributed by atoms with Gasteiger partial charge < -0.3 is 5.11 Å². The highest BCUT2D eigenvalue weighted by molar-refractivity contribution is 5.66. The molecular formula is C9H18O2. The first-order valence-corrected chi connectivity index (χ1v) is 4.38. The van der Waals surface area contributed by atoms with Crippen LogP contribution in [-0.2, 0) is 4.79 Å². The molecule has 1 atom stereocenters. The number of carbonyl (C=O) groups is 1. The van der Waals surface area contributed by atoms with E-state index in [-0.39, 0.29) is 0 Å². The van der Waals surface area contributed by atoms with E-state index in [0.29, 0.717) is 6.42 Å². The summed E-state index contributed by atoms with van der Waals surface area (Å²) in [5.41, 5.74) is 0. The second-order valence-corrected chi connectivity index (χ2v) is 3.15. The Kier molecular flexibility index (Phi) is 5.90. The predicted octanol–water partition coefficient (Wildman–Crippen LogP) is 2.68. The van der Waals surface area contributed by atoms with Gasteiger partial charge in [0.2, 0.25) is 0 Å². The predicted molar refractivity (Wildman–Crippen MR) is 45.6 cm³/mol. The largest absolute Gasteiger partial charge is 0.481 e. The van der Waals surface area contributed by atoms with Gasteiger partial charge in [0.25, 0.3) is 0 Å². The van der Waals surface area contributed by atoms with Crippen LogP contribution in [0.15, 0.2) is 0 Å². The number of hydrogen-bond acceptors (Lipinski definition) is 1. The molecule has 11 heavy (non-hydrogen) atoms. The molecule has 0 saturated carbocycles. The summed E-state index contributed by atoms with van der Waals surface area (Å²) in [5.74, 6) is 0.0814. The summed E-state index contributed by atoms with van der Waals surface area (Å²) >= 11 is 0. The van der Waals surface area contributed by atoms with Crippen LogP contribution in [0.3, 0.4) is 0 Å². The van der Waals surface area contributed by atoms with E-state index in [0.717, 1.165) is 18.8 Å². The van der Waals surface area contributed by atoms with Crippen molar-refractivity contribution in [1.29, 1.82) is 0 Å². The van der Waals surface area contributed by atoms with E-state index in [1.807, 2.05) is 0 Å². The Morgan fingerprint density at radius 1 is 1.45 bits per heavy atom. The average Bonchev–Trinajstić information content (AvgIpc) is 1.97. The van der Waals surface area contributed by atoms with Gasteiger partial charge in [-0.3, -0.25) is 4.79 Å². The van der Waals surface area contributed by atoms with Gasteiger partial charge in [-0.05, 0) is 12.3 Å². The topological polar surface area (TPSA) is 37.3 Å². The second-order valence-electron chi connectivity index (χ2n) is 3.15. The fourth-order valence-electron chi connectivity index (χ4n) is 0.973. The molecule has 0 saturated heterocycles. The molecule has 0 unspecified atom stereocenters. The maximum atomic E-state index is 10.1. The normalized spacial score (nSPS) is 12.9. The monoisotopic (exact) mass is 158 g/mol. The molecule has 0 bridgehead atoms. The Morgan fingerprint density at radius 2 is 2.09 bits per heavy atom. The highest BCUT2D eigenvalue weighted by Crippen LogP contribution is 2.11. The van der Waals surface area contributed by atoms with Crippen LogP contribution in [-0.4, -0.2) is 11.1 Å². The Bertz CT molecular complexity index is 110. The van der Waals surface area contributed by atoms with E-state index in [9.17, 15) is 4.79 Å². The minimum absolute atomic E-state index is 0.330. The summed E-state index contributed by atoms with van der Waals surface area (Å²) in [6.07, 6.45) is 4.59. The lowest BCUT2D eigenvalue weighted by Gasteiger charge is -2.05. The summed E-state index contributed by atoms with van der Waals surface area (Å²) in [4.78, 5) is 10.1. The lowest BCUT2D eigenvalue weighted by molar-refractivity contribution is -0.137. The number of carboxylic acid groups (broad SMARTS) is 1. The summed E-state index contributed by atoms with van der Waals surface area (Å²) in [5, 5.41) is 8.34. The maximum Gasteiger partial charge on any atom is 0.303 e. The van der Waals surface area contributed by atoms with Gasteiger partial charge >= 0.3 is 5.97 Å². The van der Waals surface area contributed by atoms with Crippen molar-refractivity contribution in [3.8, 4) is 0 Å². The summed E-state index contributed by atoms with van der Waals surface area (Å²) in [6.45, 7) is 4.38.